The maximum absolute atomic E-state index is 5.33. The second-order valence-electron chi connectivity index (χ2n) is 3.20. The quantitative estimate of drug-likeness (QED) is 0.664. The van der Waals surface area contributed by atoms with Crippen molar-refractivity contribution in [2.45, 2.75) is 20.8 Å². The van der Waals surface area contributed by atoms with Crippen LogP contribution >= 0.6 is 0 Å². The topological polar surface area (TPSA) is 35.0 Å². The number of aromatic nitrogens is 2. The molecule has 3 nitrogen and oxygen atoms in total. The van der Waals surface area contributed by atoms with Gasteiger partial charge in [-0.25, -0.2) is 0 Å². The molecule has 0 amide bonds. The van der Waals surface area contributed by atoms with Gasteiger partial charge in [0.15, 0.2) is 0 Å². The van der Waals surface area contributed by atoms with Crippen molar-refractivity contribution in [2.75, 3.05) is 6.61 Å². The van der Waals surface area contributed by atoms with Gasteiger partial charge in [0.2, 0.25) is 5.88 Å². The summed E-state index contributed by atoms with van der Waals surface area (Å²) in [4.78, 5) is 0. The first-order valence-corrected chi connectivity index (χ1v) is 4.17. The summed E-state index contributed by atoms with van der Waals surface area (Å²) in [6, 6.07) is 1.88. The minimum atomic E-state index is 0.497. The smallest absolute Gasteiger partial charge is 0.233 e. The summed E-state index contributed by atoms with van der Waals surface area (Å²) in [5.74, 6) is 0.561. The van der Waals surface area contributed by atoms with Crippen molar-refractivity contribution in [1.82, 2.24) is 10.2 Å². The molecule has 0 spiro atoms. The number of ether oxygens (including phenoxy) is 1. The Morgan fingerprint density at radius 2 is 2.15 bits per heavy atom. The summed E-state index contributed by atoms with van der Waals surface area (Å²) in [5, 5.41) is 7.85. The van der Waals surface area contributed by atoms with E-state index in [0.717, 1.165) is 16.8 Å². The first-order chi connectivity index (χ1) is 6.09. The summed E-state index contributed by atoms with van der Waals surface area (Å²) in [7, 11) is 0. The third kappa shape index (κ3) is 2.86. The van der Waals surface area contributed by atoms with Crippen LogP contribution in [0.25, 0.3) is 0 Å². The van der Waals surface area contributed by atoms with E-state index in [1.807, 2.05) is 26.8 Å². The summed E-state index contributed by atoms with van der Waals surface area (Å²) < 4.78 is 5.33. The summed E-state index contributed by atoms with van der Waals surface area (Å²) >= 11 is 0. The van der Waals surface area contributed by atoms with Crippen molar-refractivity contribution in [3.63, 3.8) is 0 Å². The highest BCUT2D eigenvalue weighted by Crippen LogP contribution is 2.10. The van der Waals surface area contributed by atoms with Crippen molar-refractivity contribution in [3.05, 3.63) is 29.5 Å². The largest absolute Gasteiger partial charge is 0.472 e. The molecule has 1 heterocycles. The Balaban J connectivity index is 2.68. The average molecular weight is 178 g/mol. The van der Waals surface area contributed by atoms with Crippen molar-refractivity contribution < 1.29 is 4.74 Å². The molecule has 0 aliphatic carbocycles. The Hall–Kier alpha value is -1.38. The molecular weight excluding hydrogens is 164 g/mol. The fourth-order valence-electron chi connectivity index (χ4n) is 0.789. The molecule has 0 aliphatic rings. The fraction of sp³-hybridized carbons (Fsp3) is 0.400. The monoisotopic (exact) mass is 178 g/mol. The van der Waals surface area contributed by atoms with Crippen LogP contribution in [0.15, 0.2) is 18.2 Å². The fourth-order valence-corrected chi connectivity index (χ4v) is 0.789. The zero-order valence-corrected chi connectivity index (χ0v) is 8.29. The van der Waals surface area contributed by atoms with E-state index in [1.165, 1.54) is 0 Å². The molecule has 1 rings (SSSR count). The van der Waals surface area contributed by atoms with Gasteiger partial charge < -0.3 is 4.74 Å². The van der Waals surface area contributed by atoms with Crippen molar-refractivity contribution in [3.8, 4) is 5.88 Å². The molecule has 0 fully saturated rings. The maximum atomic E-state index is 5.33. The summed E-state index contributed by atoms with van der Waals surface area (Å²) in [5.41, 5.74) is 2.99. The zero-order valence-electron chi connectivity index (χ0n) is 8.29. The molecule has 0 unspecified atom stereocenters. The van der Waals surface area contributed by atoms with Crippen molar-refractivity contribution in [2.24, 2.45) is 0 Å². The van der Waals surface area contributed by atoms with E-state index in [4.69, 9.17) is 4.74 Å². The third-order valence-corrected chi connectivity index (χ3v) is 1.68. The molecule has 0 aliphatic heterocycles. The highest BCUT2D eigenvalue weighted by molar-refractivity contribution is 5.21. The molecule has 0 saturated heterocycles. The van der Waals surface area contributed by atoms with E-state index >= 15 is 0 Å². The molecule has 0 atom stereocenters. The molecule has 0 N–H and O–H groups in total. The Morgan fingerprint density at radius 1 is 1.46 bits per heavy atom. The van der Waals surface area contributed by atoms with Gasteiger partial charge in [-0.2, -0.15) is 5.10 Å². The van der Waals surface area contributed by atoms with Gasteiger partial charge in [-0.05, 0) is 31.9 Å². The molecule has 70 valence electrons. The standard InChI is InChI=1S/C10H14N2O/c1-7(2)6-13-10-5-8(3)9(4)11-12-10/h5H,1,6H2,2-4H3. The molecule has 0 saturated carbocycles. The Bertz CT molecular complexity index is 321. The van der Waals surface area contributed by atoms with Gasteiger partial charge in [0.05, 0.1) is 5.69 Å². The van der Waals surface area contributed by atoms with Crippen LogP contribution in [-0.4, -0.2) is 16.8 Å². The third-order valence-electron chi connectivity index (χ3n) is 1.68. The molecule has 0 bridgehead atoms. The van der Waals surface area contributed by atoms with Gasteiger partial charge in [-0.3, -0.25) is 0 Å². The zero-order chi connectivity index (χ0) is 9.84. The predicted octanol–water partition coefficient (Wildman–Crippen LogP) is 2.05. The molecule has 3 heteroatoms. The van der Waals surface area contributed by atoms with Crippen LogP contribution in [0.4, 0.5) is 0 Å². The number of hydrogen-bond acceptors (Lipinski definition) is 3. The number of aryl methyl sites for hydroxylation is 2. The van der Waals surface area contributed by atoms with E-state index in [9.17, 15) is 0 Å². The van der Waals surface area contributed by atoms with E-state index in [0.29, 0.717) is 12.5 Å². The lowest BCUT2D eigenvalue weighted by atomic mass is 10.2. The van der Waals surface area contributed by atoms with Gasteiger partial charge in [0, 0.05) is 6.07 Å². The summed E-state index contributed by atoms with van der Waals surface area (Å²) in [6.07, 6.45) is 0. The Morgan fingerprint density at radius 3 is 2.69 bits per heavy atom. The highest BCUT2D eigenvalue weighted by atomic mass is 16.5. The van der Waals surface area contributed by atoms with Gasteiger partial charge in [-0.15, -0.1) is 5.10 Å². The van der Waals surface area contributed by atoms with Crippen LogP contribution in [0.2, 0.25) is 0 Å². The lowest BCUT2D eigenvalue weighted by molar-refractivity contribution is 0.333. The first kappa shape index (κ1) is 9.71. The van der Waals surface area contributed by atoms with Gasteiger partial charge in [0.25, 0.3) is 0 Å². The number of rotatable bonds is 3. The molecule has 0 radical (unpaired) electrons. The highest BCUT2D eigenvalue weighted by Gasteiger charge is 1.99. The van der Waals surface area contributed by atoms with Crippen LogP contribution in [0.3, 0.4) is 0 Å². The molecular formula is C10H14N2O. The Kier molecular flexibility index (Phi) is 3.01. The van der Waals surface area contributed by atoms with Crippen LogP contribution in [-0.2, 0) is 0 Å². The second kappa shape index (κ2) is 4.03. The lowest BCUT2D eigenvalue weighted by Crippen LogP contribution is -2.01. The van der Waals surface area contributed by atoms with Crippen LogP contribution in [0.1, 0.15) is 18.2 Å². The molecule has 13 heavy (non-hydrogen) atoms. The van der Waals surface area contributed by atoms with Crippen molar-refractivity contribution >= 4 is 0 Å². The number of hydrogen-bond donors (Lipinski definition) is 0. The van der Waals surface area contributed by atoms with Gasteiger partial charge >= 0.3 is 0 Å². The second-order valence-corrected chi connectivity index (χ2v) is 3.20. The van der Waals surface area contributed by atoms with Gasteiger partial charge in [0.1, 0.15) is 6.61 Å². The summed E-state index contributed by atoms with van der Waals surface area (Å²) in [6.45, 7) is 10.1. The van der Waals surface area contributed by atoms with Crippen molar-refractivity contribution in [1.29, 1.82) is 0 Å². The van der Waals surface area contributed by atoms with Crippen LogP contribution < -0.4 is 4.74 Å². The van der Waals surface area contributed by atoms with Crippen LogP contribution in [0.5, 0.6) is 5.88 Å². The van der Waals surface area contributed by atoms with E-state index in [1.54, 1.807) is 0 Å². The van der Waals surface area contributed by atoms with E-state index < -0.39 is 0 Å². The normalized spacial score (nSPS) is 9.77. The van der Waals surface area contributed by atoms with Gasteiger partial charge in [-0.1, -0.05) is 6.58 Å². The van der Waals surface area contributed by atoms with E-state index in [2.05, 4.69) is 16.8 Å². The minimum Gasteiger partial charge on any atom is -0.472 e. The lowest BCUT2D eigenvalue weighted by Gasteiger charge is -2.05. The SMILES string of the molecule is C=C(C)COc1cc(C)c(C)nn1. The minimum absolute atomic E-state index is 0.497. The first-order valence-electron chi connectivity index (χ1n) is 4.17. The Labute approximate surface area is 78.5 Å². The molecule has 1 aromatic heterocycles. The molecule has 0 aromatic carbocycles. The van der Waals surface area contributed by atoms with E-state index in [-0.39, 0.29) is 0 Å². The number of nitrogens with zero attached hydrogens (tertiary/aromatic N) is 2. The predicted molar refractivity (Wildman–Crippen MR) is 51.8 cm³/mol. The molecule has 1 aromatic rings. The van der Waals surface area contributed by atoms with Crippen LogP contribution in [0, 0.1) is 13.8 Å². The maximum Gasteiger partial charge on any atom is 0.233 e. The average Bonchev–Trinajstić information content (AvgIpc) is 2.07.